The number of nitrogens with two attached hydrogens (primary N) is 1. The van der Waals surface area contributed by atoms with Gasteiger partial charge in [0.15, 0.2) is 0 Å². The summed E-state index contributed by atoms with van der Waals surface area (Å²) in [5.41, 5.74) is 4.55. The Bertz CT molecular complexity index is 390. The molecule has 3 N–H and O–H groups in total. The second kappa shape index (κ2) is 7.47. The van der Waals surface area contributed by atoms with Crippen LogP contribution in [0, 0.1) is 19.7 Å². The molecule has 1 rings (SSSR count). The lowest BCUT2D eigenvalue weighted by Gasteiger charge is -2.19. The highest BCUT2D eigenvalue weighted by Gasteiger charge is 2.17. The van der Waals surface area contributed by atoms with Gasteiger partial charge in [0.2, 0.25) is 0 Å². The summed E-state index contributed by atoms with van der Waals surface area (Å²) in [5, 5.41) is 0. The van der Waals surface area contributed by atoms with Gasteiger partial charge in [0.05, 0.1) is 6.04 Å². The van der Waals surface area contributed by atoms with Crippen LogP contribution < -0.4 is 11.3 Å². The van der Waals surface area contributed by atoms with Crippen molar-refractivity contribution in [2.45, 2.75) is 32.7 Å². The molecule has 19 heavy (non-hydrogen) atoms. The molecule has 1 unspecified atom stereocenters. The molecule has 0 aliphatic rings. The fraction of sp³-hybridized carbons (Fsp3) is 0.538. The zero-order chi connectivity index (χ0) is 14.4. The van der Waals surface area contributed by atoms with E-state index in [4.69, 9.17) is 10.6 Å². The molecule has 0 radical (unpaired) electrons. The van der Waals surface area contributed by atoms with E-state index in [-0.39, 0.29) is 12.4 Å². The maximum absolute atomic E-state index is 13.9. The Kier molecular flexibility index (Phi) is 6.27. The largest absolute Gasteiger partial charge is 0.375 e. The molecule has 0 aromatic heterocycles. The summed E-state index contributed by atoms with van der Waals surface area (Å²) in [5.74, 6) is 5.05. The first-order valence-corrected chi connectivity index (χ1v) is 6.04. The summed E-state index contributed by atoms with van der Waals surface area (Å²) >= 11 is 0. The van der Waals surface area contributed by atoms with E-state index < -0.39 is 19.1 Å². The van der Waals surface area contributed by atoms with Gasteiger partial charge in [0.1, 0.15) is 12.4 Å². The van der Waals surface area contributed by atoms with Crippen molar-refractivity contribution in [3.63, 3.8) is 0 Å². The van der Waals surface area contributed by atoms with Gasteiger partial charge >= 0.3 is 0 Å². The van der Waals surface area contributed by atoms with Gasteiger partial charge in [-0.15, -0.1) is 0 Å². The Morgan fingerprint density at radius 1 is 1.32 bits per heavy atom. The fourth-order valence-electron chi connectivity index (χ4n) is 2.05. The van der Waals surface area contributed by atoms with Gasteiger partial charge in [-0.05, 0) is 37.5 Å². The minimum absolute atomic E-state index is 0.0892. The molecule has 108 valence electrons. The predicted octanol–water partition coefficient (Wildman–Crippen LogP) is 2.62. The number of halogens is 3. The third kappa shape index (κ3) is 4.81. The molecule has 0 bridgehead atoms. The summed E-state index contributed by atoms with van der Waals surface area (Å²) in [6, 6.07) is 2.81. The average molecular weight is 276 g/mol. The van der Waals surface area contributed by atoms with Crippen LogP contribution in [-0.2, 0) is 4.74 Å². The average Bonchev–Trinajstić information content (AvgIpc) is 2.30. The van der Waals surface area contributed by atoms with Crippen molar-refractivity contribution in [1.29, 1.82) is 0 Å². The molecule has 1 aromatic rings. The van der Waals surface area contributed by atoms with Crippen LogP contribution in [0.4, 0.5) is 13.2 Å². The van der Waals surface area contributed by atoms with Crippen LogP contribution in [0.25, 0.3) is 0 Å². The third-order valence-corrected chi connectivity index (χ3v) is 2.83. The molecule has 0 aliphatic heterocycles. The highest BCUT2D eigenvalue weighted by molar-refractivity contribution is 5.34. The van der Waals surface area contributed by atoms with Crippen LogP contribution in [0.5, 0.6) is 0 Å². The minimum Gasteiger partial charge on any atom is -0.375 e. The van der Waals surface area contributed by atoms with Crippen LogP contribution in [0.15, 0.2) is 12.1 Å². The lowest BCUT2D eigenvalue weighted by molar-refractivity contribution is 0.0142. The number of alkyl halides is 2. The van der Waals surface area contributed by atoms with Crippen LogP contribution in [0.3, 0.4) is 0 Å². The smallest absolute Gasteiger partial charge is 0.261 e. The van der Waals surface area contributed by atoms with E-state index in [2.05, 4.69) is 5.43 Å². The second-order valence-electron chi connectivity index (χ2n) is 4.45. The van der Waals surface area contributed by atoms with Crippen molar-refractivity contribution in [3.05, 3.63) is 34.6 Å². The highest BCUT2D eigenvalue weighted by Crippen LogP contribution is 2.24. The van der Waals surface area contributed by atoms with Gasteiger partial charge in [-0.25, -0.2) is 13.2 Å². The Labute approximate surface area is 110 Å². The van der Waals surface area contributed by atoms with Crippen molar-refractivity contribution in [3.8, 4) is 0 Å². The van der Waals surface area contributed by atoms with Gasteiger partial charge in [0.25, 0.3) is 6.43 Å². The quantitative estimate of drug-likeness (QED) is 0.457. The second-order valence-corrected chi connectivity index (χ2v) is 4.45. The fourth-order valence-corrected chi connectivity index (χ4v) is 2.05. The van der Waals surface area contributed by atoms with Crippen molar-refractivity contribution in [2.24, 2.45) is 5.84 Å². The Hall–Kier alpha value is -1.11. The van der Waals surface area contributed by atoms with E-state index in [0.29, 0.717) is 12.0 Å². The first kappa shape index (κ1) is 15.9. The maximum Gasteiger partial charge on any atom is 0.261 e. The van der Waals surface area contributed by atoms with Crippen LogP contribution in [0.1, 0.15) is 29.2 Å². The molecule has 6 heteroatoms. The van der Waals surface area contributed by atoms with Crippen LogP contribution in [-0.4, -0.2) is 19.6 Å². The number of nitrogens with one attached hydrogen (secondary N) is 1. The van der Waals surface area contributed by atoms with Crippen LogP contribution >= 0.6 is 0 Å². The molecular formula is C13H19F3N2O. The van der Waals surface area contributed by atoms with Gasteiger partial charge in [-0.1, -0.05) is 6.07 Å². The molecule has 0 spiro atoms. The van der Waals surface area contributed by atoms with E-state index in [0.717, 1.165) is 11.1 Å². The Balaban J connectivity index is 2.69. The number of hydrazine groups is 1. The molecule has 1 atom stereocenters. The third-order valence-electron chi connectivity index (χ3n) is 2.83. The van der Waals surface area contributed by atoms with Gasteiger partial charge in [-0.2, -0.15) is 0 Å². The highest BCUT2D eigenvalue weighted by atomic mass is 19.3. The summed E-state index contributed by atoms with van der Waals surface area (Å²) in [7, 11) is 0. The summed E-state index contributed by atoms with van der Waals surface area (Å²) in [4.78, 5) is 0. The van der Waals surface area contributed by atoms with E-state index in [1.807, 2.05) is 6.07 Å². The van der Waals surface area contributed by atoms with E-state index in [9.17, 15) is 13.2 Å². The monoisotopic (exact) mass is 276 g/mol. The molecule has 0 amide bonds. The van der Waals surface area contributed by atoms with E-state index in [1.54, 1.807) is 13.8 Å². The van der Waals surface area contributed by atoms with E-state index in [1.165, 1.54) is 6.07 Å². The minimum atomic E-state index is -2.50. The lowest BCUT2D eigenvalue weighted by Crippen LogP contribution is -2.30. The predicted molar refractivity (Wildman–Crippen MR) is 67.4 cm³/mol. The zero-order valence-corrected chi connectivity index (χ0v) is 11.1. The van der Waals surface area contributed by atoms with Gasteiger partial charge in [-0.3, -0.25) is 11.3 Å². The van der Waals surface area contributed by atoms with Crippen LogP contribution in [0.2, 0.25) is 0 Å². The first-order chi connectivity index (χ1) is 8.95. The molecule has 0 saturated heterocycles. The molecular weight excluding hydrogens is 257 g/mol. The van der Waals surface area contributed by atoms with Crippen molar-refractivity contribution in [1.82, 2.24) is 5.43 Å². The summed E-state index contributed by atoms with van der Waals surface area (Å²) in [6.07, 6.45) is -2.17. The first-order valence-electron chi connectivity index (χ1n) is 6.04. The molecule has 0 fully saturated rings. The lowest BCUT2D eigenvalue weighted by atomic mass is 9.97. The zero-order valence-electron chi connectivity index (χ0n) is 11.1. The molecule has 3 nitrogen and oxygen atoms in total. The molecule has 0 heterocycles. The number of rotatable bonds is 7. The van der Waals surface area contributed by atoms with E-state index >= 15 is 0 Å². The van der Waals surface area contributed by atoms with Gasteiger partial charge in [0, 0.05) is 12.2 Å². The standard InChI is InChI=1S/C13H19F3N2O/c1-8-5-9(2)13(10(14)6-8)11(18-17)3-4-19-7-12(15)16/h5-6,11-12,18H,3-4,7,17H2,1-2H3. The SMILES string of the molecule is Cc1cc(C)c(C(CCOCC(F)F)NN)c(F)c1. The van der Waals surface area contributed by atoms with Crippen molar-refractivity contribution in [2.75, 3.05) is 13.2 Å². The Morgan fingerprint density at radius 2 is 2.00 bits per heavy atom. The van der Waals surface area contributed by atoms with Gasteiger partial charge < -0.3 is 4.74 Å². The maximum atomic E-state index is 13.9. The normalized spacial score (nSPS) is 13.0. The molecule has 1 aromatic carbocycles. The summed E-state index contributed by atoms with van der Waals surface area (Å²) < 4.78 is 42.5. The number of hydrogen-bond acceptors (Lipinski definition) is 3. The number of ether oxygens (including phenoxy) is 1. The number of aryl methyl sites for hydroxylation is 2. The topological polar surface area (TPSA) is 47.3 Å². The summed E-state index contributed by atoms with van der Waals surface area (Å²) in [6.45, 7) is 3.06. The number of hydrogen-bond donors (Lipinski definition) is 2. The van der Waals surface area contributed by atoms with Crippen molar-refractivity contribution < 1.29 is 17.9 Å². The number of benzene rings is 1. The molecule has 0 saturated carbocycles. The van der Waals surface area contributed by atoms with Crippen molar-refractivity contribution >= 4 is 0 Å². The molecule has 0 aliphatic carbocycles. The Morgan fingerprint density at radius 3 is 2.53 bits per heavy atom.